The molecule has 0 aromatic carbocycles. The van der Waals surface area contributed by atoms with Crippen molar-refractivity contribution >= 4 is 11.9 Å². The van der Waals surface area contributed by atoms with Gasteiger partial charge in [0.25, 0.3) is 0 Å². The van der Waals surface area contributed by atoms with Crippen LogP contribution in [0.15, 0.2) is 0 Å². The average Bonchev–Trinajstić information content (AvgIpc) is 2.87. The van der Waals surface area contributed by atoms with Gasteiger partial charge in [0.1, 0.15) is 6.10 Å². The zero-order chi connectivity index (χ0) is 27.2. The minimum absolute atomic E-state index is 0.0172. The van der Waals surface area contributed by atoms with Crippen LogP contribution in [-0.2, 0) is 14.3 Å². The van der Waals surface area contributed by atoms with Gasteiger partial charge in [0, 0.05) is 12.8 Å². The highest BCUT2D eigenvalue weighted by Crippen LogP contribution is 2.19. The normalized spacial score (nSPS) is 12.1. The molecule has 1 N–H and O–H groups in total. The minimum atomic E-state index is -0.700. The molecule has 4 heteroatoms. The quantitative estimate of drug-likeness (QED) is 0.0749. The molecule has 0 radical (unpaired) electrons. The Bertz CT molecular complexity index is 491. The molecule has 4 nitrogen and oxygen atoms in total. The summed E-state index contributed by atoms with van der Waals surface area (Å²) < 4.78 is 5.86. The first kappa shape index (κ1) is 35.9. The number of esters is 1. The number of rotatable bonds is 30. The highest BCUT2D eigenvalue weighted by Gasteiger charge is 2.14. The van der Waals surface area contributed by atoms with Crippen LogP contribution in [-0.4, -0.2) is 23.1 Å². The second-order valence-corrected chi connectivity index (χ2v) is 11.4. The van der Waals surface area contributed by atoms with Crippen molar-refractivity contribution in [2.45, 2.75) is 200 Å². The molecule has 1 unspecified atom stereocenters. The van der Waals surface area contributed by atoms with Crippen LogP contribution >= 0.6 is 0 Å². The Morgan fingerprint density at radius 1 is 0.486 bits per heavy atom. The van der Waals surface area contributed by atoms with Crippen molar-refractivity contribution in [3.63, 3.8) is 0 Å². The standard InChI is InChI=1S/C33H64O4/c1-3-5-7-8-9-10-11-12-13-14-15-16-17-18-20-24-27-31(37-33(36)30-23-6-4-2)28-25-21-19-22-26-29-32(34)35/h31H,3-30H2,1-2H3,(H,34,35). The molecule has 0 amide bonds. The Morgan fingerprint density at radius 2 is 0.811 bits per heavy atom. The first-order chi connectivity index (χ1) is 18.1. The van der Waals surface area contributed by atoms with Gasteiger partial charge in [0.15, 0.2) is 0 Å². The Morgan fingerprint density at radius 3 is 1.22 bits per heavy atom. The molecule has 0 saturated heterocycles. The van der Waals surface area contributed by atoms with Crippen LogP contribution in [0.3, 0.4) is 0 Å². The molecule has 0 aromatic heterocycles. The monoisotopic (exact) mass is 524 g/mol. The second kappa shape index (κ2) is 29.5. The third kappa shape index (κ3) is 29.4. The van der Waals surface area contributed by atoms with Gasteiger partial charge in [-0.25, -0.2) is 0 Å². The molecule has 0 aliphatic rings. The number of ether oxygens (including phenoxy) is 1. The SMILES string of the molecule is CCCCCCCCCCCCCCCCCCC(CCCCCCCC(=O)O)OC(=O)CCCCC. The molecule has 0 aliphatic heterocycles. The number of aliphatic carboxylic acids is 1. The molecule has 0 bridgehead atoms. The van der Waals surface area contributed by atoms with Crippen molar-refractivity contribution in [2.24, 2.45) is 0 Å². The molecule has 1 atom stereocenters. The zero-order valence-electron chi connectivity index (χ0n) is 25.0. The van der Waals surface area contributed by atoms with Crippen LogP contribution in [0.5, 0.6) is 0 Å². The van der Waals surface area contributed by atoms with Gasteiger partial charge in [-0.1, -0.05) is 142 Å². The van der Waals surface area contributed by atoms with Gasteiger partial charge in [-0.05, 0) is 38.5 Å². The first-order valence-electron chi connectivity index (χ1n) is 16.5. The fraction of sp³-hybridized carbons (Fsp3) is 0.939. The van der Waals surface area contributed by atoms with Crippen LogP contribution in [0.4, 0.5) is 0 Å². The van der Waals surface area contributed by atoms with E-state index in [0.29, 0.717) is 6.42 Å². The van der Waals surface area contributed by atoms with Crippen molar-refractivity contribution in [1.82, 2.24) is 0 Å². The number of unbranched alkanes of at least 4 members (excludes halogenated alkanes) is 21. The van der Waals surface area contributed by atoms with Crippen LogP contribution in [0.25, 0.3) is 0 Å². The lowest BCUT2D eigenvalue weighted by Crippen LogP contribution is -2.18. The lowest BCUT2D eigenvalue weighted by molar-refractivity contribution is -0.150. The number of hydrogen-bond donors (Lipinski definition) is 1. The molecule has 0 heterocycles. The maximum absolute atomic E-state index is 12.3. The van der Waals surface area contributed by atoms with E-state index in [1.54, 1.807) is 0 Å². The molecule has 0 saturated carbocycles. The second-order valence-electron chi connectivity index (χ2n) is 11.4. The summed E-state index contributed by atoms with van der Waals surface area (Å²) in [5.74, 6) is -0.717. The highest BCUT2D eigenvalue weighted by atomic mass is 16.5. The summed E-state index contributed by atoms with van der Waals surface area (Å²) in [4.78, 5) is 22.9. The average molecular weight is 525 g/mol. The van der Waals surface area contributed by atoms with Crippen molar-refractivity contribution in [1.29, 1.82) is 0 Å². The van der Waals surface area contributed by atoms with E-state index in [4.69, 9.17) is 9.84 Å². The first-order valence-corrected chi connectivity index (χ1v) is 16.5. The van der Waals surface area contributed by atoms with Gasteiger partial charge < -0.3 is 9.84 Å². The maximum atomic E-state index is 12.3. The van der Waals surface area contributed by atoms with E-state index in [1.165, 1.54) is 96.3 Å². The number of hydrogen-bond acceptors (Lipinski definition) is 3. The zero-order valence-corrected chi connectivity index (χ0v) is 25.0. The van der Waals surface area contributed by atoms with Crippen LogP contribution in [0.1, 0.15) is 194 Å². The maximum Gasteiger partial charge on any atom is 0.306 e. The number of carbonyl (C=O) groups is 2. The summed E-state index contributed by atoms with van der Waals surface area (Å²) in [6.45, 7) is 4.44. The predicted octanol–water partition coefficient (Wildman–Crippen LogP) is 10.9. The summed E-state index contributed by atoms with van der Waals surface area (Å²) in [6, 6.07) is 0. The number of carboxylic acid groups (broad SMARTS) is 1. The van der Waals surface area contributed by atoms with Crippen molar-refractivity contribution in [2.75, 3.05) is 0 Å². The minimum Gasteiger partial charge on any atom is -0.481 e. The molecule has 220 valence electrons. The Labute approximate surface area is 231 Å². The molecular weight excluding hydrogens is 460 g/mol. The Hall–Kier alpha value is -1.06. The molecule has 0 aliphatic carbocycles. The predicted molar refractivity (Wildman–Crippen MR) is 158 cm³/mol. The smallest absolute Gasteiger partial charge is 0.306 e. The summed E-state index contributed by atoms with van der Waals surface area (Å²) in [5, 5.41) is 8.74. The molecular formula is C33H64O4. The van der Waals surface area contributed by atoms with Gasteiger partial charge in [0.05, 0.1) is 0 Å². The summed E-state index contributed by atoms with van der Waals surface area (Å²) >= 11 is 0. The van der Waals surface area contributed by atoms with E-state index in [2.05, 4.69) is 13.8 Å². The van der Waals surface area contributed by atoms with Gasteiger partial charge in [0.2, 0.25) is 0 Å². The largest absolute Gasteiger partial charge is 0.481 e. The number of carbonyl (C=O) groups excluding carboxylic acids is 1. The summed E-state index contributed by atoms with van der Waals surface area (Å²) in [5.41, 5.74) is 0. The van der Waals surface area contributed by atoms with Crippen molar-refractivity contribution in [3.8, 4) is 0 Å². The van der Waals surface area contributed by atoms with Crippen LogP contribution in [0, 0.1) is 0 Å². The van der Waals surface area contributed by atoms with Gasteiger partial charge >= 0.3 is 11.9 Å². The van der Waals surface area contributed by atoms with E-state index in [0.717, 1.165) is 70.6 Å². The third-order valence-corrected chi connectivity index (χ3v) is 7.58. The van der Waals surface area contributed by atoms with E-state index in [9.17, 15) is 9.59 Å². The fourth-order valence-electron chi connectivity index (χ4n) is 5.13. The highest BCUT2D eigenvalue weighted by molar-refractivity contribution is 5.69. The van der Waals surface area contributed by atoms with Gasteiger partial charge in [-0.3, -0.25) is 9.59 Å². The van der Waals surface area contributed by atoms with E-state index in [1.807, 2.05) is 0 Å². The Kier molecular flexibility index (Phi) is 28.7. The summed E-state index contributed by atoms with van der Waals surface area (Å²) in [6.07, 6.45) is 33.0. The third-order valence-electron chi connectivity index (χ3n) is 7.58. The molecule has 0 aromatic rings. The molecule has 0 fully saturated rings. The fourth-order valence-corrected chi connectivity index (χ4v) is 5.13. The lowest BCUT2D eigenvalue weighted by Gasteiger charge is -2.18. The Balaban J connectivity index is 3.80. The van der Waals surface area contributed by atoms with Gasteiger partial charge in [-0.15, -0.1) is 0 Å². The molecule has 37 heavy (non-hydrogen) atoms. The van der Waals surface area contributed by atoms with Gasteiger partial charge in [-0.2, -0.15) is 0 Å². The van der Waals surface area contributed by atoms with Crippen molar-refractivity contribution in [3.05, 3.63) is 0 Å². The topological polar surface area (TPSA) is 63.6 Å². The molecule has 0 rings (SSSR count). The molecule has 0 spiro atoms. The van der Waals surface area contributed by atoms with E-state index >= 15 is 0 Å². The van der Waals surface area contributed by atoms with Crippen LogP contribution < -0.4 is 0 Å². The lowest BCUT2D eigenvalue weighted by atomic mass is 10.0. The van der Waals surface area contributed by atoms with Crippen molar-refractivity contribution < 1.29 is 19.4 Å². The summed E-state index contributed by atoms with van der Waals surface area (Å²) in [7, 11) is 0. The number of carboxylic acids is 1. The van der Waals surface area contributed by atoms with Crippen LogP contribution in [0.2, 0.25) is 0 Å². The van der Waals surface area contributed by atoms with E-state index in [-0.39, 0.29) is 18.5 Å². The van der Waals surface area contributed by atoms with E-state index < -0.39 is 5.97 Å².